The standard InChI is InChI=1S/C18H19N3O7/c1-12(28-16-9-7-14(26-2)8-10-16)18(23)20-19-17(22)11-27-15-5-3-13(4-6-15)21(24)25/h3-10,12H,11H2,1-2H3,(H,19,22)(H,20,23). The van der Waals surface area contributed by atoms with E-state index in [4.69, 9.17) is 14.2 Å². The van der Waals surface area contributed by atoms with Crippen LogP contribution < -0.4 is 25.1 Å². The molecule has 1 unspecified atom stereocenters. The summed E-state index contributed by atoms with van der Waals surface area (Å²) in [7, 11) is 1.54. The van der Waals surface area contributed by atoms with Gasteiger partial charge >= 0.3 is 0 Å². The first kappa shape index (κ1) is 20.5. The van der Waals surface area contributed by atoms with Gasteiger partial charge in [-0.3, -0.25) is 30.6 Å². The van der Waals surface area contributed by atoms with E-state index in [1.165, 1.54) is 31.2 Å². The van der Waals surface area contributed by atoms with E-state index in [9.17, 15) is 19.7 Å². The molecule has 0 saturated heterocycles. The average molecular weight is 389 g/mol. The quantitative estimate of drug-likeness (QED) is 0.518. The number of amides is 2. The lowest BCUT2D eigenvalue weighted by atomic mass is 10.3. The number of carbonyl (C=O) groups excluding carboxylic acids is 2. The molecule has 2 rings (SSSR count). The summed E-state index contributed by atoms with van der Waals surface area (Å²) in [6.45, 7) is 1.14. The summed E-state index contributed by atoms with van der Waals surface area (Å²) in [5, 5.41) is 10.6. The minimum absolute atomic E-state index is 0.0880. The number of methoxy groups -OCH3 is 1. The van der Waals surface area contributed by atoms with Gasteiger partial charge in [-0.1, -0.05) is 0 Å². The molecule has 0 bridgehead atoms. The van der Waals surface area contributed by atoms with Crippen molar-refractivity contribution in [2.75, 3.05) is 13.7 Å². The van der Waals surface area contributed by atoms with Crippen LogP contribution in [0.5, 0.6) is 17.2 Å². The number of non-ortho nitro benzene ring substituents is 1. The zero-order chi connectivity index (χ0) is 20.5. The van der Waals surface area contributed by atoms with Crippen molar-refractivity contribution in [3.8, 4) is 17.2 Å². The fourth-order valence-electron chi connectivity index (χ4n) is 1.99. The van der Waals surface area contributed by atoms with Gasteiger partial charge in [-0.2, -0.15) is 0 Å². The summed E-state index contributed by atoms with van der Waals surface area (Å²) in [6, 6.07) is 11.9. The molecule has 10 heteroatoms. The highest BCUT2D eigenvalue weighted by atomic mass is 16.6. The topological polar surface area (TPSA) is 129 Å². The lowest BCUT2D eigenvalue weighted by molar-refractivity contribution is -0.384. The SMILES string of the molecule is COc1ccc(OC(C)C(=O)NNC(=O)COc2ccc([N+](=O)[O-])cc2)cc1. The average Bonchev–Trinajstić information content (AvgIpc) is 2.71. The van der Waals surface area contributed by atoms with Crippen LogP contribution in [-0.2, 0) is 9.59 Å². The molecule has 2 aromatic carbocycles. The van der Waals surface area contributed by atoms with Crippen LogP contribution >= 0.6 is 0 Å². The lowest BCUT2D eigenvalue weighted by Gasteiger charge is -2.15. The van der Waals surface area contributed by atoms with Crippen molar-refractivity contribution in [1.29, 1.82) is 0 Å². The van der Waals surface area contributed by atoms with Gasteiger partial charge in [0, 0.05) is 12.1 Å². The predicted octanol–water partition coefficient (Wildman–Crippen LogP) is 1.60. The highest BCUT2D eigenvalue weighted by Crippen LogP contribution is 2.18. The molecule has 0 aliphatic rings. The molecule has 148 valence electrons. The van der Waals surface area contributed by atoms with Gasteiger partial charge in [-0.25, -0.2) is 0 Å². The zero-order valence-electron chi connectivity index (χ0n) is 15.2. The molecular weight excluding hydrogens is 370 g/mol. The van der Waals surface area contributed by atoms with E-state index < -0.39 is 22.8 Å². The molecule has 0 heterocycles. The number of hydrazine groups is 1. The van der Waals surface area contributed by atoms with Gasteiger partial charge in [0.15, 0.2) is 12.7 Å². The van der Waals surface area contributed by atoms with Crippen LogP contribution in [0, 0.1) is 10.1 Å². The van der Waals surface area contributed by atoms with Gasteiger partial charge in [-0.15, -0.1) is 0 Å². The summed E-state index contributed by atoms with van der Waals surface area (Å²) in [5.41, 5.74) is 4.34. The molecule has 2 N–H and O–H groups in total. The maximum Gasteiger partial charge on any atom is 0.279 e. The maximum absolute atomic E-state index is 12.0. The maximum atomic E-state index is 12.0. The predicted molar refractivity (Wildman–Crippen MR) is 98.0 cm³/mol. The Morgan fingerprint density at radius 2 is 1.57 bits per heavy atom. The fourth-order valence-corrected chi connectivity index (χ4v) is 1.99. The van der Waals surface area contributed by atoms with Crippen molar-refractivity contribution < 1.29 is 28.7 Å². The van der Waals surface area contributed by atoms with E-state index >= 15 is 0 Å². The van der Waals surface area contributed by atoms with Crippen molar-refractivity contribution in [3.63, 3.8) is 0 Å². The number of nitro groups is 1. The minimum Gasteiger partial charge on any atom is -0.497 e. The van der Waals surface area contributed by atoms with Crippen LogP contribution in [-0.4, -0.2) is 36.6 Å². The summed E-state index contributed by atoms with van der Waals surface area (Å²) in [6.07, 6.45) is -0.857. The number of nitrogens with zero attached hydrogens (tertiary/aromatic N) is 1. The molecular formula is C18H19N3O7. The van der Waals surface area contributed by atoms with Gasteiger partial charge in [0.05, 0.1) is 12.0 Å². The molecule has 28 heavy (non-hydrogen) atoms. The van der Waals surface area contributed by atoms with Crippen LogP contribution in [0.25, 0.3) is 0 Å². The molecule has 0 aliphatic heterocycles. The normalized spacial score (nSPS) is 11.1. The monoisotopic (exact) mass is 389 g/mol. The van der Waals surface area contributed by atoms with E-state index in [1.807, 2.05) is 0 Å². The third-order valence-corrected chi connectivity index (χ3v) is 3.48. The number of hydrogen-bond acceptors (Lipinski definition) is 7. The van der Waals surface area contributed by atoms with E-state index in [1.54, 1.807) is 31.4 Å². The Balaban J connectivity index is 1.73. The first-order valence-electron chi connectivity index (χ1n) is 8.15. The van der Waals surface area contributed by atoms with Gasteiger partial charge in [0.2, 0.25) is 0 Å². The highest BCUT2D eigenvalue weighted by molar-refractivity contribution is 5.85. The van der Waals surface area contributed by atoms with Crippen molar-refractivity contribution >= 4 is 17.5 Å². The summed E-state index contributed by atoms with van der Waals surface area (Å²) < 4.78 is 15.7. The van der Waals surface area contributed by atoms with Crippen LogP contribution in [0.4, 0.5) is 5.69 Å². The molecule has 2 amide bonds. The molecule has 0 aliphatic carbocycles. The molecule has 0 aromatic heterocycles. The summed E-state index contributed by atoms with van der Waals surface area (Å²) in [4.78, 5) is 33.7. The zero-order valence-corrected chi connectivity index (χ0v) is 15.2. The number of benzene rings is 2. The van der Waals surface area contributed by atoms with E-state index in [0.717, 1.165) is 0 Å². The molecule has 0 fully saturated rings. The van der Waals surface area contributed by atoms with Crippen LogP contribution in [0.15, 0.2) is 48.5 Å². The Hall–Kier alpha value is -3.82. The van der Waals surface area contributed by atoms with Crippen LogP contribution in [0.3, 0.4) is 0 Å². The summed E-state index contributed by atoms with van der Waals surface area (Å²) >= 11 is 0. The molecule has 0 spiro atoms. The second kappa shape index (κ2) is 9.76. The largest absolute Gasteiger partial charge is 0.497 e. The number of nitrogens with one attached hydrogen (secondary N) is 2. The van der Waals surface area contributed by atoms with Crippen molar-refractivity contribution in [3.05, 3.63) is 58.6 Å². The number of nitro benzene ring substituents is 1. The number of rotatable bonds is 8. The molecule has 1 atom stereocenters. The van der Waals surface area contributed by atoms with Crippen LogP contribution in [0.1, 0.15) is 6.92 Å². The number of hydrogen-bond donors (Lipinski definition) is 2. The highest BCUT2D eigenvalue weighted by Gasteiger charge is 2.15. The Morgan fingerprint density at radius 1 is 1.00 bits per heavy atom. The Kier molecular flexibility index (Phi) is 7.14. The van der Waals surface area contributed by atoms with Crippen molar-refractivity contribution in [2.24, 2.45) is 0 Å². The first-order chi connectivity index (χ1) is 13.4. The second-order valence-electron chi connectivity index (χ2n) is 5.51. The lowest BCUT2D eigenvalue weighted by Crippen LogP contribution is -2.48. The van der Waals surface area contributed by atoms with Gasteiger partial charge in [-0.05, 0) is 43.3 Å². The van der Waals surface area contributed by atoms with Crippen molar-refractivity contribution in [2.45, 2.75) is 13.0 Å². The van der Waals surface area contributed by atoms with Gasteiger partial charge in [0.25, 0.3) is 17.5 Å². The second-order valence-corrected chi connectivity index (χ2v) is 5.51. The van der Waals surface area contributed by atoms with E-state index in [0.29, 0.717) is 11.5 Å². The number of ether oxygens (including phenoxy) is 3. The minimum atomic E-state index is -0.857. The van der Waals surface area contributed by atoms with Crippen LogP contribution in [0.2, 0.25) is 0 Å². The Bertz CT molecular complexity index is 822. The van der Waals surface area contributed by atoms with Gasteiger partial charge in [0.1, 0.15) is 17.2 Å². The van der Waals surface area contributed by atoms with E-state index in [2.05, 4.69) is 10.9 Å². The van der Waals surface area contributed by atoms with Crippen molar-refractivity contribution in [1.82, 2.24) is 10.9 Å². The third kappa shape index (κ3) is 6.16. The Morgan fingerprint density at radius 3 is 2.14 bits per heavy atom. The molecule has 0 radical (unpaired) electrons. The molecule has 10 nitrogen and oxygen atoms in total. The number of carbonyl (C=O) groups is 2. The molecule has 2 aromatic rings. The summed E-state index contributed by atoms with van der Waals surface area (Å²) in [5.74, 6) is 0.243. The molecule has 0 saturated carbocycles. The smallest absolute Gasteiger partial charge is 0.279 e. The Labute approximate surface area is 160 Å². The fraction of sp³-hybridized carbons (Fsp3) is 0.222. The van der Waals surface area contributed by atoms with E-state index in [-0.39, 0.29) is 18.0 Å². The van der Waals surface area contributed by atoms with Gasteiger partial charge < -0.3 is 14.2 Å². The third-order valence-electron chi connectivity index (χ3n) is 3.48. The first-order valence-corrected chi connectivity index (χ1v) is 8.15.